The number of nitrogens with one attached hydrogen (secondary N) is 2. The van der Waals surface area contributed by atoms with Gasteiger partial charge in [-0.2, -0.15) is 22.7 Å². The van der Waals surface area contributed by atoms with Crippen LogP contribution in [0.3, 0.4) is 0 Å². The van der Waals surface area contributed by atoms with Crippen molar-refractivity contribution in [1.29, 1.82) is 0 Å². The van der Waals surface area contributed by atoms with Crippen molar-refractivity contribution < 1.29 is 18.0 Å². The molecule has 2 N–H and O–H groups in total. The van der Waals surface area contributed by atoms with Crippen molar-refractivity contribution in [2.45, 2.75) is 45.8 Å². The topological polar surface area (TPSA) is 99.8 Å². The first kappa shape index (κ1) is 26.0. The number of carbonyl (C=O) groups excluding carboxylic acids is 1. The van der Waals surface area contributed by atoms with Crippen molar-refractivity contribution in [3.8, 4) is 0 Å². The van der Waals surface area contributed by atoms with Crippen LogP contribution in [-0.2, 0) is 23.9 Å². The van der Waals surface area contributed by atoms with Gasteiger partial charge in [0.25, 0.3) is 5.56 Å². The quantitative estimate of drug-likeness (QED) is 0.503. The molecule has 10 nitrogen and oxygen atoms in total. The Hall–Kier alpha value is -3.61. The maximum Gasteiger partial charge on any atom is 0.416 e. The molecule has 3 aromatic rings. The van der Waals surface area contributed by atoms with Crippen LogP contribution < -0.4 is 26.0 Å². The smallest absolute Gasteiger partial charge is 0.363 e. The number of hydrogen-bond donors (Lipinski definition) is 2. The van der Waals surface area contributed by atoms with Crippen molar-refractivity contribution >= 4 is 29.0 Å². The summed E-state index contributed by atoms with van der Waals surface area (Å²) < 4.78 is 42.2. The second kappa shape index (κ2) is 10.3. The molecule has 1 amide bonds. The van der Waals surface area contributed by atoms with E-state index in [-0.39, 0.29) is 17.9 Å². The summed E-state index contributed by atoms with van der Waals surface area (Å²) in [6.07, 6.45) is -1.96. The number of alkyl halides is 3. The average molecular weight is 533 g/mol. The van der Waals surface area contributed by atoms with Crippen LogP contribution in [0.1, 0.15) is 36.6 Å². The molecule has 0 spiro atoms. The highest BCUT2D eigenvalue weighted by Gasteiger charge is 2.31. The van der Waals surface area contributed by atoms with Gasteiger partial charge in [0.1, 0.15) is 12.2 Å². The van der Waals surface area contributed by atoms with Crippen molar-refractivity contribution in [1.82, 2.24) is 24.5 Å². The predicted octanol–water partition coefficient (Wildman–Crippen LogP) is 2.43. The fourth-order valence-corrected chi connectivity index (χ4v) is 5.17. The molecule has 2 aromatic heterocycles. The first-order valence-electron chi connectivity index (χ1n) is 12.9. The van der Waals surface area contributed by atoms with E-state index in [0.29, 0.717) is 48.1 Å². The van der Waals surface area contributed by atoms with Crippen LogP contribution in [0.2, 0.25) is 0 Å². The lowest BCUT2D eigenvalue weighted by Gasteiger charge is -2.31. The molecule has 5 rings (SSSR count). The number of anilines is 3. The van der Waals surface area contributed by atoms with E-state index in [1.54, 1.807) is 4.57 Å². The third-order valence-electron chi connectivity index (χ3n) is 7.10. The highest BCUT2D eigenvalue weighted by molar-refractivity contribution is 5.91. The van der Waals surface area contributed by atoms with Gasteiger partial charge in [-0.1, -0.05) is 6.92 Å². The fourth-order valence-electron chi connectivity index (χ4n) is 5.17. The summed E-state index contributed by atoms with van der Waals surface area (Å²) in [5.41, 5.74) is 0.713. The van der Waals surface area contributed by atoms with E-state index in [0.717, 1.165) is 51.2 Å². The summed E-state index contributed by atoms with van der Waals surface area (Å²) in [5.74, 6) is 0.281. The monoisotopic (exact) mass is 532 g/mol. The van der Waals surface area contributed by atoms with Crippen molar-refractivity contribution in [3.63, 3.8) is 0 Å². The van der Waals surface area contributed by atoms with E-state index >= 15 is 0 Å². The molecule has 204 valence electrons. The summed E-state index contributed by atoms with van der Waals surface area (Å²) in [4.78, 5) is 35.7. The van der Waals surface area contributed by atoms with Crippen LogP contribution in [0.25, 0.3) is 5.78 Å². The number of halogens is 3. The molecule has 4 heterocycles. The molecule has 0 radical (unpaired) electrons. The number of piperazine rings is 1. The molecule has 1 aromatic carbocycles. The number of amides is 1. The molecular weight excluding hydrogens is 501 g/mol. The van der Waals surface area contributed by atoms with E-state index < -0.39 is 17.6 Å². The van der Waals surface area contributed by atoms with Crippen LogP contribution in [0.15, 0.2) is 23.0 Å². The Morgan fingerprint density at radius 3 is 2.45 bits per heavy atom. The van der Waals surface area contributed by atoms with Gasteiger partial charge < -0.3 is 25.0 Å². The minimum Gasteiger partial charge on any atom is -0.363 e. The highest BCUT2D eigenvalue weighted by atomic mass is 19.4. The van der Waals surface area contributed by atoms with Crippen LogP contribution >= 0.6 is 0 Å². The van der Waals surface area contributed by atoms with Gasteiger partial charge in [-0.3, -0.25) is 9.59 Å². The molecule has 0 unspecified atom stereocenters. The molecule has 2 fully saturated rings. The summed E-state index contributed by atoms with van der Waals surface area (Å²) in [5, 5.41) is 10.6. The number of fused-ring (bicyclic) bond motifs is 1. The standard InChI is InChI=1S/C25H31F3N8O2/c1-3-19-21(33-12-8-29-9-13-33)22(38)36-24(31-23(32-36)34-10-4-5-11-34)35(19)15-20(37)30-18-7-6-17(14-16(18)2)25(26,27)28/h6-7,14,29H,3-5,8-13,15H2,1-2H3,(H,30,37). The van der Waals surface area contributed by atoms with Gasteiger partial charge in [0, 0.05) is 45.0 Å². The van der Waals surface area contributed by atoms with Crippen LogP contribution in [-0.4, -0.2) is 64.3 Å². The Bertz CT molecular complexity index is 1400. The first-order valence-corrected chi connectivity index (χ1v) is 12.9. The zero-order chi connectivity index (χ0) is 27.0. The lowest BCUT2D eigenvalue weighted by atomic mass is 10.1. The van der Waals surface area contributed by atoms with Gasteiger partial charge in [-0.15, -0.1) is 5.10 Å². The Morgan fingerprint density at radius 1 is 1.11 bits per heavy atom. The molecule has 0 atom stereocenters. The summed E-state index contributed by atoms with van der Waals surface area (Å²) >= 11 is 0. The second-order valence-corrected chi connectivity index (χ2v) is 9.67. The molecule has 13 heteroatoms. The third-order valence-corrected chi connectivity index (χ3v) is 7.10. The zero-order valence-corrected chi connectivity index (χ0v) is 21.4. The maximum atomic E-state index is 13.7. The molecule has 0 bridgehead atoms. The average Bonchev–Trinajstić information content (AvgIpc) is 3.57. The first-order chi connectivity index (χ1) is 18.2. The fraction of sp³-hybridized carbons (Fsp3) is 0.520. The molecule has 38 heavy (non-hydrogen) atoms. The number of carbonyl (C=O) groups is 1. The largest absolute Gasteiger partial charge is 0.416 e. The third kappa shape index (κ3) is 4.94. The van der Waals surface area contributed by atoms with Crippen molar-refractivity contribution in [3.05, 3.63) is 45.4 Å². The van der Waals surface area contributed by atoms with Crippen LogP contribution in [0.4, 0.5) is 30.5 Å². The number of nitrogens with zero attached hydrogens (tertiary/aromatic N) is 6. The highest BCUT2D eigenvalue weighted by Crippen LogP contribution is 2.31. The van der Waals surface area contributed by atoms with Crippen molar-refractivity contribution in [2.75, 3.05) is 54.4 Å². The Labute approximate surface area is 217 Å². The number of hydrogen-bond acceptors (Lipinski definition) is 7. The lowest BCUT2D eigenvalue weighted by Crippen LogP contribution is -2.47. The van der Waals surface area contributed by atoms with E-state index in [9.17, 15) is 22.8 Å². The molecule has 2 aliphatic heterocycles. The number of rotatable bonds is 6. The lowest BCUT2D eigenvalue weighted by molar-refractivity contribution is -0.137. The molecule has 0 aliphatic carbocycles. The van der Waals surface area contributed by atoms with Gasteiger partial charge in [0.15, 0.2) is 0 Å². The Morgan fingerprint density at radius 2 is 1.82 bits per heavy atom. The number of benzene rings is 1. The SMILES string of the molecule is CCc1c(N2CCNCC2)c(=O)n2nc(N3CCCC3)nc2n1CC(=O)Nc1ccc(C(F)(F)F)cc1C. The number of aromatic nitrogens is 4. The van der Waals surface area contributed by atoms with Crippen LogP contribution in [0, 0.1) is 6.92 Å². The minimum atomic E-state index is -4.47. The van der Waals surface area contributed by atoms with Gasteiger partial charge in [0.05, 0.1) is 11.3 Å². The minimum absolute atomic E-state index is 0.176. The second-order valence-electron chi connectivity index (χ2n) is 9.67. The Kier molecular flexibility index (Phi) is 7.03. The van der Waals surface area contributed by atoms with E-state index in [4.69, 9.17) is 0 Å². The maximum absolute atomic E-state index is 13.7. The van der Waals surface area contributed by atoms with E-state index in [1.807, 2.05) is 16.7 Å². The van der Waals surface area contributed by atoms with Gasteiger partial charge in [-0.05, 0) is 49.9 Å². The summed E-state index contributed by atoms with van der Waals surface area (Å²) in [7, 11) is 0. The van der Waals surface area contributed by atoms with E-state index in [1.165, 1.54) is 17.5 Å². The molecule has 0 saturated carbocycles. The van der Waals surface area contributed by atoms with Gasteiger partial charge in [-0.25, -0.2) is 0 Å². The molecule has 2 saturated heterocycles. The predicted molar refractivity (Wildman–Crippen MR) is 138 cm³/mol. The zero-order valence-electron chi connectivity index (χ0n) is 21.4. The van der Waals surface area contributed by atoms with Gasteiger partial charge in [0.2, 0.25) is 17.6 Å². The number of aryl methyl sites for hydroxylation is 1. The Balaban J connectivity index is 1.55. The van der Waals surface area contributed by atoms with Crippen molar-refractivity contribution in [2.24, 2.45) is 0 Å². The summed E-state index contributed by atoms with van der Waals surface area (Å²) in [6, 6.07) is 3.21. The molecular formula is C25H31F3N8O2. The normalized spacial score (nSPS) is 16.4. The van der Waals surface area contributed by atoms with E-state index in [2.05, 4.69) is 20.7 Å². The molecule has 2 aliphatic rings. The van der Waals surface area contributed by atoms with Gasteiger partial charge >= 0.3 is 6.18 Å². The summed E-state index contributed by atoms with van der Waals surface area (Å²) in [6.45, 7) is 7.58. The van der Waals surface area contributed by atoms with Crippen LogP contribution in [0.5, 0.6) is 0 Å².